The molecule has 0 bridgehead atoms. The maximum absolute atomic E-state index is 14.0. The first-order chi connectivity index (χ1) is 10.0. The Bertz CT molecular complexity index is 658. The number of hydrogen-bond donors (Lipinski definition) is 2. The Balaban J connectivity index is 2.19. The topological polar surface area (TPSA) is 58.6 Å². The first-order valence-corrected chi connectivity index (χ1v) is 6.44. The predicted octanol–water partition coefficient (Wildman–Crippen LogP) is 3.71. The lowest BCUT2D eigenvalue weighted by Gasteiger charge is -2.17. The standard InChI is InChI=1S/C16H16FNO3/c1-10(14-7-6-13(21-2)9-15(14)17)18-12-5-3-4-11(8-12)16(19)20/h3-10,18H,1-2H3,(H,19,20). The van der Waals surface area contributed by atoms with Crippen molar-refractivity contribution in [2.24, 2.45) is 0 Å². The van der Waals surface area contributed by atoms with Crippen molar-refractivity contribution in [3.63, 3.8) is 0 Å². The zero-order chi connectivity index (χ0) is 15.4. The molecule has 4 nitrogen and oxygen atoms in total. The smallest absolute Gasteiger partial charge is 0.335 e. The number of rotatable bonds is 5. The Morgan fingerprint density at radius 2 is 2.05 bits per heavy atom. The van der Waals surface area contributed by atoms with E-state index in [2.05, 4.69) is 5.32 Å². The molecule has 0 amide bonds. The molecule has 0 saturated carbocycles. The molecular weight excluding hydrogens is 273 g/mol. The zero-order valence-corrected chi connectivity index (χ0v) is 11.8. The Labute approximate surface area is 122 Å². The van der Waals surface area contributed by atoms with Gasteiger partial charge in [0.2, 0.25) is 0 Å². The summed E-state index contributed by atoms with van der Waals surface area (Å²) in [4.78, 5) is 10.9. The number of ether oxygens (including phenoxy) is 1. The summed E-state index contributed by atoms with van der Waals surface area (Å²) in [7, 11) is 1.48. The van der Waals surface area contributed by atoms with Gasteiger partial charge in [0.05, 0.1) is 18.7 Å². The highest BCUT2D eigenvalue weighted by Crippen LogP contribution is 2.25. The summed E-state index contributed by atoms with van der Waals surface area (Å²) in [6.45, 7) is 1.80. The van der Waals surface area contributed by atoms with Gasteiger partial charge in [-0.25, -0.2) is 9.18 Å². The van der Waals surface area contributed by atoms with Crippen LogP contribution in [-0.2, 0) is 0 Å². The van der Waals surface area contributed by atoms with E-state index in [0.717, 1.165) is 0 Å². The van der Waals surface area contributed by atoms with Crippen LogP contribution in [0, 0.1) is 5.82 Å². The molecule has 0 spiro atoms. The predicted molar refractivity (Wildman–Crippen MR) is 78.4 cm³/mol. The van der Waals surface area contributed by atoms with Gasteiger partial charge in [0.15, 0.2) is 0 Å². The van der Waals surface area contributed by atoms with Crippen LogP contribution in [0.1, 0.15) is 28.9 Å². The molecule has 2 aromatic carbocycles. The number of anilines is 1. The normalized spacial score (nSPS) is 11.8. The molecule has 2 N–H and O–H groups in total. The van der Waals surface area contributed by atoms with Crippen molar-refractivity contribution < 1.29 is 19.0 Å². The molecule has 0 aliphatic heterocycles. The van der Waals surface area contributed by atoms with E-state index in [1.165, 1.54) is 25.3 Å². The second-order valence-electron chi connectivity index (χ2n) is 4.64. The minimum atomic E-state index is -0.998. The summed E-state index contributed by atoms with van der Waals surface area (Å²) in [6, 6.07) is 10.7. The molecular formula is C16H16FNO3. The van der Waals surface area contributed by atoms with Crippen molar-refractivity contribution in [3.8, 4) is 5.75 Å². The lowest BCUT2D eigenvalue weighted by Crippen LogP contribution is -2.09. The number of benzene rings is 2. The molecule has 2 aromatic rings. The van der Waals surface area contributed by atoms with Gasteiger partial charge < -0.3 is 15.2 Å². The molecule has 0 heterocycles. The SMILES string of the molecule is COc1ccc(C(C)Nc2cccc(C(=O)O)c2)c(F)c1. The van der Waals surface area contributed by atoms with Crippen LogP contribution in [0.2, 0.25) is 0 Å². The molecule has 1 atom stereocenters. The fourth-order valence-corrected chi connectivity index (χ4v) is 2.06. The third kappa shape index (κ3) is 3.51. The van der Waals surface area contributed by atoms with E-state index in [-0.39, 0.29) is 17.4 Å². The second kappa shape index (κ2) is 6.26. The first kappa shape index (κ1) is 14.8. The van der Waals surface area contributed by atoms with Crippen molar-refractivity contribution in [2.45, 2.75) is 13.0 Å². The van der Waals surface area contributed by atoms with Gasteiger partial charge >= 0.3 is 5.97 Å². The summed E-state index contributed by atoms with van der Waals surface area (Å²) >= 11 is 0. The number of aromatic carboxylic acids is 1. The number of halogens is 1. The van der Waals surface area contributed by atoms with E-state index in [4.69, 9.17) is 9.84 Å². The van der Waals surface area contributed by atoms with E-state index < -0.39 is 5.97 Å². The molecule has 0 aromatic heterocycles. The summed E-state index contributed by atoms with van der Waals surface area (Å²) < 4.78 is 18.9. The Hall–Kier alpha value is -2.56. The van der Waals surface area contributed by atoms with Crippen LogP contribution in [0.15, 0.2) is 42.5 Å². The minimum Gasteiger partial charge on any atom is -0.497 e. The van der Waals surface area contributed by atoms with E-state index >= 15 is 0 Å². The van der Waals surface area contributed by atoms with Crippen molar-refractivity contribution >= 4 is 11.7 Å². The minimum absolute atomic E-state index is 0.183. The highest BCUT2D eigenvalue weighted by molar-refractivity contribution is 5.88. The average Bonchev–Trinajstić information content (AvgIpc) is 2.47. The molecule has 21 heavy (non-hydrogen) atoms. The summed E-state index contributed by atoms with van der Waals surface area (Å²) in [5, 5.41) is 12.0. The average molecular weight is 289 g/mol. The van der Waals surface area contributed by atoms with Crippen LogP contribution in [-0.4, -0.2) is 18.2 Å². The number of hydrogen-bond acceptors (Lipinski definition) is 3. The van der Waals surface area contributed by atoms with Crippen molar-refractivity contribution in [3.05, 3.63) is 59.4 Å². The molecule has 2 rings (SSSR count). The van der Waals surface area contributed by atoms with E-state index in [1.807, 2.05) is 0 Å². The van der Waals surface area contributed by atoms with Crippen molar-refractivity contribution in [1.82, 2.24) is 0 Å². The van der Waals surface area contributed by atoms with Gasteiger partial charge in [0.1, 0.15) is 11.6 Å². The third-order valence-corrected chi connectivity index (χ3v) is 3.17. The van der Waals surface area contributed by atoms with E-state index in [9.17, 15) is 9.18 Å². The maximum Gasteiger partial charge on any atom is 0.335 e. The molecule has 0 aliphatic carbocycles. The van der Waals surface area contributed by atoms with Gasteiger partial charge in [-0.15, -0.1) is 0 Å². The highest BCUT2D eigenvalue weighted by Gasteiger charge is 2.12. The summed E-state index contributed by atoms with van der Waals surface area (Å²) in [6.07, 6.45) is 0. The molecule has 0 fully saturated rings. The van der Waals surface area contributed by atoms with Crippen LogP contribution >= 0.6 is 0 Å². The fraction of sp³-hybridized carbons (Fsp3) is 0.188. The second-order valence-corrected chi connectivity index (χ2v) is 4.64. The van der Waals surface area contributed by atoms with E-state index in [1.54, 1.807) is 31.2 Å². The van der Waals surface area contributed by atoms with Crippen LogP contribution < -0.4 is 10.1 Å². The molecule has 1 unspecified atom stereocenters. The molecule has 5 heteroatoms. The Morgan fingerprint density at radius 1 is 1.29 bits per heavy atom. The quantitative estimate of drug-likeness (QED) is 0.881. The Kier molecular flexibility index (Phi) is 4.42. The van der Waals surface area contributed by atoms with Gasteiger partial charge in [0.25, 0.3) is 0 Å². The number of carbonyl (C=O) groups is 1. The fourth-order valence-electron chi connectivity index (χ4n) is 2.06. The van der Waals surface area contributed by atoms with Gasteiger partial charge in [-0.2, -0.15) is 0 Å². The zero-order valence-electron chi connectivity index (χ0n) is 11.8. The lowest BCUT2D eigenvalue weighted by molar-refractivity contribution is 0.0697. The maximum atomic E-state index is 14.0. The monoisotopic (exact) mass is 289 g/mol. The van der Waals surface area contributed by atoms with Crippen molar-refractivity contribution in [1.29, 1.82) is 0 Å². The largest absolute Gasteiger partial charge is 0.497 e. The molecule has 0 saturated heterocycles. The lowest BCUT2D eigenvalue weighted by atomic mass is 10.1. The van der Waals surface area contributed by atoms with Gasteiger partial charge in [-0.05, 0) is 31.2 Å². The van der Waals surface area contributed by atoms with Crippen molar-refractivity contribution in [2.75, 3.05) is 12.4 Å². The molecule has 110 valence electrons. The number of carboxylic acids is 1. The first-order valence-electron chi connectivity index (χ1n) is 6.44. The summed E-state index contributed by atoms with van der Waals surface area (Å²) in [5.41, 5.74) is 1.29. The number of carboxylic acid groups (broad SMARTS) is 1. The molecule has 0 aliphatic rings. The van der Waals surface area contributed by atoms with Gasteiger partial charge in [-0.3, -0.25) is 0 Å². The third-order valence-electron chi connectivity index (χ3n) is 3.17. The number of methoxy groups -OCH3 is 1. The Morgan fingerprint density at radius 3 is 2.67 bits per heavy atom. The van der Waals surface area contributed by atoms with Gasteiger partial charge in [0, 0.05) is 17.3 Å². The van der Waals surface area contributed by atoms with Crippen LogP contribution in [0.4, 0.5) is 10.1 Å². The summed E-state index contributed by atoms with van der Waals surface area (Å²) in [5.74, 6) is -0.915. The number of nitrogens with one attached hydrogen (secondary N) is 1. The molecule has 0 radical (unpaired) electrons. The van der Waals surface area contributed by atoms with Crippen LogP contribution in [0.3, 0.4) is 0 Å². The highest BCUT2D eigenvalue weighted by atomic mass is 19.1. The van der Waals surface area contributed by atoms with E-state index in [0.29, 0.717) is 17.0 Å². The van der Waals surface area contributed by atoms with Crippen LogP contribution in [0.5, 0.6) is 5.75 Å². The van der Waals surface area contributed by atoms with Gasteiger partial charge in [-0.1, -0.05) is 12.1 Å². The van der Waals surface area contributed by atoms with Crippen LogP contribution in [0.25, 0.3) is 0 Å².